The molecule has 16 unspecified atom stereocenters. The molecule has 258 valence electrons. The van der Waals surface area contributed by atoms with Crippen LogP contribution in [0.3, 0.4) is 0 Å². The number of fused-ring (bicyclic) bond motifs is 7. The van der Waals surface area contributed by atoms with E-state index in [2.05, 4.69) is 34.3 Å². The summed E-state index contributed by atoms with van der Waals surface area (Å²) in [5, 5.41) is 51.3. The second-order valence-electron chi connectivity index (χ2n) is 17.0. The first-order valence-electron chi connectivity index (χ1n) is 17.4. The highest BCUT2D eigenvalue weighted by atomic mass is 16.7. The first kappa shape index (κ1) is 34.0. The van der Waals surface area contributed by atoms with Crippen LogP contribution in [0.2, 0.25) is 0 Å². The fourth-order valence-electron chi connectivity index (χ4n) is 12.9. The Bertz CT molecular complexity index is 1290. The quantitative estimate of drug-likeness (QED) is 0.160. The molecule has 5 saturated carbocycles. The Morgan fingerprint density at radius 1 is 0.826 bits per heavy atom. The molecule has 0 aromatic heterocycles. The van der Waals surface area contributed by atoms with Crippen LogP contribution in [-0.2, 0) is 23.9 Å². The Hall–Kier alpha value is -1.85. The van der Waals surface area contributed by atoms with Crippen LogP contribution in [0.15, 0.2) is 12.2 Å². The maximum absolute atomic E-state index is 13.1. The minimum Gasteiger partial charge on any atom is -0.481 e. The van der Waals surface area contributed by atoms with E-state index in [4.69, 9.17) is 9.47 Å². The van der Waals surface area contributed by atoms with Gasteiger partial charge < -0.3 is 39.8 Å². The summed E-state index contributed by atoms with van der Waals surface area (Å²) in [7, 11) is 0. The molecule has 46 heavy (non-hydrogen) atoms. The van der Waals surface area contributed by atoms with E-state index < -0.39 is 59.6 Å². The zero-order valence-electron chi connectivity index (χ0n) is 28.0. The molecule has 16 atom stereocenters. The number of aldehydes is 1. The van der Waals surface area contributed by atoms with Gasteiger partial charge in [0, 0.05) is 0 Å². The molecule has 0 bridgehead atoms. The van der Waals surface area contributed by atoms with Crippen LogP contribution < -0.4 is 0 Å². The fourth-order valence-corrected chi connectivity index (χ4v) is 12.9. The van der Waals surface area contributed by atoms with Gasteiger partial charge in [0.1, 0.15) is 24.6 Å². The summed E-state index contributed by atoms with van der Waals surface area (Å²) in [4.78, 5) is 37.8. The Balaban J connectivity index is 1.29. The number of aliphatic hydroxyl groups excluding tert-OH is 3. The van der Waals surface area contributed by atoms with Crippen molar-refractivity contribution in [1.29, 1.82) is 0 Å². The monoisotopic (exact) mass is 646 g/mol. The van der Waals surface area contributed by atoms with Crippen molar-refractivity contribution >= 4 is 18.2 Å². The highest BCUT2D eigenvalue weighted by molar-refractivity contribution is 5.76. The molecule has 6 rings (SSSR count). The zero-order chi connectivity index (χ0) is 33.8. The van der Waals surface area contributed by atoms with Gasteiger partial charge in [0.25, 0.3) is 0 Å². The van der Waals surface area contributed by atoms with Crippen molar-refractivity contribution in [2.24, 2.45) is 56.7 Å². The average Bonchev–Trinajstić information content (AvgIpc) is 3.40. The fraction of sp³-hybridized carbons (Fsp3) is 0.861. The molecule has 0 amide bonds. The zero-order valence-corrected chi connectivity index (χ0v) is 28.0. The number of hydrogen-bond donors (Lipinski definition) is 5. The third kappa shape index (κ3) is 4.35. The van der Waals surface area contributed by atoms with Gasteiger partial charge in [-0.15, -0.1) is 0 Å². The normalized spacial score (nSPS) is 54.8. The van der Waals surface area contributed by atoms with E-state index >= 15 is 0 Å². The highest BCUT2D eigenvalue weighted by Crippen LogP contribution is 2.77. The topological polar surface area (TPSA) is 171 Å². The number of carboxylic acid groups (broad SMARTS) is 2. The minimum atomic E-state index is -1.82. The smallest absolute Gasteiger partial charge is 0.335 e. The van der Waals surface area contributed by atoms with Gasteiger partial charge in [-0.3, -0.25) is 4.79 Å². The molecule has 1 aliphatic heterocycles. The molecule has 10 nitrogen and oxygen atoms in total. The average molecular weight is 647 g/mol. The van der Waals surface area contributed by atoms with Crippen molar-refractivity contribution in [2.75, 3.05) is 0 Å². The lowest BCUT2D eigenvalue weighted by molar-refractivity contribution is -0.323. The lowest BCUT2D eigenvalue weighted by Crippen LogP contribution is -2.68. The van der Waals surface area contributed by atoms with Gasteiger partial charge in [-0.05, 0) is 117 Å². The van der Waals surface area contributed by atoms with Crippen molar-refractivity contribution in [3.63, 3.8) is 0 Å². The maximum atomic E-state index is 13.1. The molecule has 5 aliphatic carbocycles. The summed E-state index contributed by atoms with van der Waals surface area (Å²) in [5.74, 6) is -1.27. The van der Waals surface area contributed by atoms with Crippen LogP contribution in [0.4, 0.5) is 0 Å². The van der Waals surface area contributed by atoms with Crippen LogP contribution in [0.1, 0.15) is 98.8 Å². The summed E-state index contributed by atoms with van der Waals surface area (Å²) in [5.41, 5.74) is -0.853. The van der Waals surface area contributed by atoms with Crippen molar-refractivity contribution in [2.45, 2.75) is 136 Å². The summed E-state index contributed by atoms with van der Waals surface area (Å²) in [6, 6.07) is 0. The molecule has 10 heteroatoms. The third-order valence-electron chi connectivity index (χ3n) is 15.5. The van der Waals surface area contributed by atoms with Crippen LogP contribution in [0, 0.1) is 56.7 Å². The highest BCUT2D eigenvalue weighted by Gasteiger charge is 2.72. The number of carbonyl (C=O) groups is 3. The predicted molar refractivity (Wildman–Crippen MR) is 166 cm³/mol. The predicted octanol–water partition coefficient (Wildman–Crippen LogP) is 4.19. The van der Waals surface area contributed by atoms with Gasteiger partial charge in [-0.1, -0.05) is 39.8 Å². The lowest BCUT2D eigenvalue weighted by atomic mass is 9.32. The number of carboxylic acids is 2. The summed E-state index contributed by atoms with van der Waals surface area (Å²) < 4.78 is 11.7. The van der Waals surface area contributed by atoms with E-state index in [1.807, 2.05) is 6.92 Å². The number of aliphatic carboxylic acids is 2. The molecule has 0 spiro atoms. The molecule has 6 fully saturated rings. The Morgan fingerprint density at radius 3 is 2.13 bits per heavy atom. The Labute approximate surface area is 271 Å². The molecular formula is C36H54O10. The molecule has 0 aromatic rings. The molecule has 0 aromatic carbocycles. The van der Waals surface area contributed by atoms with Gasteiger partial charge in [0.2, 0.25) is 0 Å². The van der Waals surface area contributed by atoms with Gasteiger partial charge in [-0.2, -0.15) is 0 Å². The Morgan fingerprint density at radius 2 is 1.52 bits per heavy atom. The molecule has 1 heterocycles. The van der Waals surface area contributed by atoms with Crippen LogP contribution in [0.5, 0.6) is 0 Å². The van der Waals surface area contributed by atoms with Crippen molar-refractivity contribution < 1.29 is 49.4 Å². The lowest BCUT2D eigenvalue weighted by Gasteiger charge is -2.72. The van der Waals surface area contributed by atoms with Gasteiger partial charge in [-0.25, -0.2) is 4.79 Å². The standard InChI is InChI=1S/C36H54O10/c1-18(2)19-9-14-36(31(43)44)16-15-34(5)20(24(19)36)7-8-22-32(3)12-11-23(33(4,17-37)21(32)10-13-35(22,34)6)45-30-27(40)25(38)26(39)28(46-30)29(41)42/h17,19-28,30,38-40H,1,7-16H2,2-6H3,(H,41,42)(H,43,44). The SMILES string of the molecule is C=C(C)C1CCC2(C(=O)O)CCC3(C)C(CCC4C5(C)CCC(OC6OC(C(=O)O)C(O)C(O)C6O)C(C)(C=O)C5CCC43C)C12. The largest absolute Gasteiger partial charge is 0.481 e. The first-order valence-corrected chi connectivity index (χ1v) is 17.4. The van der Waals surface area contributed by atoms with E-state index in [0.29, 0.717) is 18.8 Å². The molecule has 6 aliphatic rings. The van der Waals surface area contributed by atoms with Crippen LogP contribution in [-0.4, -0.2) is 80.6 Å². The number of hydrogen-bond acceptors (Lipinski definition) is 8. The molecule has 0 radical (unpaired) electrons. The van der Waals surface area contributed by atoms with Gasteiger partial charge >= 0.3 is 11.9 Å². The molecular weight excluding hydrogens is 592 g/mol. The molecule has 5 N–H and O–H groups in total. The van der Waals surface area contributed by atoms with E-state index in [1.165, 1.54) is 0 Å². The third-order valence-corrected chi connectivity index (χ3v) is 15.5. The number of aliphatic hydroxyl groups is 3. The number of allylic oxidation sites excluding steroid dienone is 1. The number of rotatable bonds is 6. The summed E-state index contributed by atoms with van der Waals surface area (Å²) in [6.45, 7) is 15.5. The van der Waals surface area contributed by atoms with E-state index in [-0.39, 0.29) is 39.9 Å². The molecule has 1 saturated heterocycles. The van der Waals surface area contributed by atoms with Crippen LogP contribution >= 0.6 is 0 Å². The van der Waals surface area contributed by atoms with E-state index in [1.54, 1.807) is 0 Å². The van der Waals surface area contributed by atoms with Gasteiger partial charge in [0.05, 0.1) is 16.9 Å². The van der Waals surface area contributed by atoms with E-state index in [0.717, 1.165) is 63.2 Å². The Kier molecular flexibility index (Phi) is 8.20. The summed E-state index contributed by atoms with van der Waals surface area (Å²) >= 11 is 0. The van der Waals surface area contributed by atoms with E-state index in [9.17, 15) is 39.9 Å². The number of carbonyl (C=O) groups excluding carboxylic acids is 1. The van der Waals surface area contributed by atoms with Crippen molar-refractivity contribution in [1.82, 2.24) is 0 Å². The minimum absolute atomic E-state index is 0.0441. The maximum Gasteiger partial charge on any atom is 0.335 e. The second kappa shape index (κ2) is 11.1. The van der Waals surface area contributed by atoms with Crippen molar-refractivity contribution in [3.8, 4) is 0 Å². The first-order chi connectivity index (χ1) is 21.4. The second-order valence-corrected chi connectivity index (χ2v) is 17.0. The summed E-state index contributed by atoms with van der Waals surface area (Å²) in [6.07, 6.45) is -0.239. The van der Waals surface area contributed by atoms with Crippen molar-refractivity contribution in [3.05, 3.63) is 12.2 Å². The van der Waals surface area contributed by atoms with Crippen LogP contribution in [0.25, 0.3) is 0 Å². The number of ether oxygens (including phenoxy) is 2. The van der Waals surface area contributed by atoms with Gasteiger partial charge in [0.15, 0.2) is 12.4 Å².